The van der Waals surface area contributed by atoms with Gasteiger partial charge in [0.1, 0.15) is 5.69 Å². The summed E-state index contributed by atoms with van der Waals surface area (Å²) in [7, 11) is 0. The highest BCUT2D eigenvalue weighted by atomic mass is 16.1. The van der Waals surface area contributed by atoms with Crippen molar-refractivity contribution in [2.24, 2.45) is 0 Å². The van der Waals surface area contributed by atoms with Crippen LogP contribution in [0.1, 0.15) is 35.3 Å². The van der Waals surface area contributed by atoms with Gasteiger partial charge in [-0.1, -0.05) is 37.3 Å². The van der Waals surface area contributed by atoms with E-state index in [1.165, 1.54) is 18.0 Å². The summed E-state index contributed by atoms with van der Waals surface area (Å²) in [6, 6.07) is 10.2. The summed E-state index contributed by atoms with van der Waals surface area (Å²) in [4.78, 5) is 19.8. The number of aromatic nitrogens is 2. The Balaban J connectivity index is 1.96. The predicted octanol–water partition coefficient (Wildman–Crippen LogP) is 2.40. The molecule has 1 aromatic heterocycles. The minimum Gasteiger partial charge on any atom is -0.350 e. The van der Waals surface area contributed by atoms with E-state index in [1.54, 1.807) is 6.20 Å². The highest BCUT2D eigenvalue weighted by molar-refractivity contribution is 5.91. The molecule has 2 aromatic rings. The molecule has 1 heterocycles. The number of carbonyl (C=O) groups is 1. The molecular weight excluding hydrogens is 238 g/mol. The highest BCUT2D eigenvalue weighted by Crippen LogP contribution is 2.17. The largest absolute Gasteiger partial charge is 0.350 e. The summed E-state index contributed by atoms with van der Waals surface area (Å²) in [6.45, 7) is 2.72. The summed E-state index contributed by atoms with van der Waals surface area (Å²) in [5.74, 6) is 0.143. The molecule has 0 aliphatic heterocycles. The molecule has 0 fully saturated rings. The number of hydrogen-bond donors (Lipinski definition) is 1. The Morgan fingerprint density at radius 3 is 2.68 bits per heavy atom. The lowest BCUT2D eigenvalue weighted by molar-refractivity contribution is 0.0945. The second-order valence-electron chi connectivity index (χ2n) is 4.32. The minimum absolute atomic E-state index is 0.178. The van der Waals surface area contributed by atoms with E-state index < -0.39 is 0 Å². The van der Waals surface area contributed by atoms with Crippen molar-refractivity contribution >= 4 is 5.91 Å². The molecule has 98 valence electrons. The Labute approximate surface area is 112 Å². The lowest BCUT2D eigenvalue weighted by atomic mass is 9.96. The van der Waals surface area contributed by atoms with Gasteiger partial charge in [-0.2, -0.15) is 0 Å². The fourth-order valence-electron chi connectivity index (χ4n) is 1.95. The van der Waals surface area contributed by atoms with Gasteiger partial charge in [-0.25, -0.2) is 4.98 Å². The van der Waals surface area contributed by atoms with Crippen molar-refractivity contribution in [2.45, 2.75) is 19.3 Å². The Morgan fingerprint density at radius 2 is 2.05 bits per heavy atom. The van der Waals surface area contributed by atoms with E-state index >= 15 is 0 Å². The molecule has 19 heavy (non-hydrogen) atoms. The molecule has 2 rings (SSSR count). The smallest absolute Gasteiger partial charge is 0.271 e. The molecule has 1 amide bonds. The quantitative estimate of drug-likeness (QED) is 0.892. The van der Waals surface area contributed by atoms with E-state index in [0.717, 1.165) is 6.42 Å². The van der Waals surface area contributed by atoms with E-state index in [-0.39, 0.29) is 5.91 Å². The summed E-state index contributed by atoms with van der Waals surface area (Å²) < 4.78 is 0. The third-order valence-electron chi connectivity index (χ3n) is 3.07. The van der Waals surface area contributed by atoms with Crippen LogP contribution in [-0.4, -0.2) is 22.4 Å². The zero-order chi connectivity index (χ0) is 13.5. The molecule has 0 saturated carbocycles. The van der Waals surface area contributed by atoms with Crippen molar-refractivity contribution in [1.29, 1.82) is 0 Å². The highest BCUT2D eigenvalue weighted by Gasteiger charge is 2.12. The number of rotatable bonds is 5. The lowest BCUT2D eigenvalue weighted by Crippen LogP contribution is -2.29. The van der Waals surface area contributed by atoms with Gasteiger partial charge in [0, 0.05) is 24.9 Å². The van der Waals surface area contributed by atoms with Crippen LogP contribution >= 0.6 is 0 Å². The minimum atomic E-state index is -0.178. The van der Waals surface area contributed by atoms with Gasteiger partial charge < -0.3 is 5.32 Å². The van der Waals surface area contributed by atoms with E-state index in [9.17, 15) is 4.79 Å². The molecule has 4 nitrogen and oxygen atoms in total. The van der Waals surface area contributed by atoms with Gasteiger partial charge >= 0.3 is 0 Å². The van der Waals surface area contributed by atoms with Gasteiger partial charge in [-0.15, -0.1) is 0 Å². The number of benzene rings is 1. The third kappa shape index (κ3) is 3.61. The lowest BCUT2D eigenvalue weighted by Gasteiger charge is -2.15. The van der Waals surface area contributed by atoms with E-state index in [1.807, 2.05) is 18.2 Å². The molecule has 0 spiro atoms. The van der Waals surface area contributed by atoms with Crippen molar-refractivity contribution in [2.75, 3.05) is 6.54 Å². The fraction of sp³-hybridized carbons (Fsp3) is 0.267. The van der Waals surface area contributed by atoms with Crippen LogP contribution in [0.5, 0.6) is 0 Å². The third-order valence-corrected chi connectivity index (χ3v) is 3.07. The first-order valence-electron chi connectivity index (χ1n) is 6.40. The van der Waals surface area contributed by atoms with Crippen molar-refractivity contribution in [3.63, 3.8) is 0 Å². The SMILES string of the molecule is CCC(CNC(=O)c1cnccn1)c1ccccc1. The predicted molar refractivity (Wildman–Crippen MR) is 73.8 cm³/mol. The van der Waals surface area contributed by atoms with Gasteiger partial charge in [0.2, 0.25) is 0 Å². The first kappa shape index (κ1) is 13.2. The van der Waals surface area contributed by atoms with Crippen LogP contribution in [0.3, 0.4) is 0 Å². The summed E-state index contributed by atoms with van der Waals surface area (Å²) in [5.41, 5.74) is 1.59. The van der Waals surface area contributed by atoms with Crippen LogP contribution in [0, 0.1) is 0 Å². The Bertz CT molecular complexity index is 513. The molecule has 1 aromatic carbocycles. The number of nitrogens with one attached hydrogen (secondary N) is 1. The van der Waals surface area contributed by atoms with Crippen LogP contribution < -0.4 is 5.32 Å². The average Bonchev–Trinajstić information content (AvgIpc) is 2.49. The van der Waals surface area contributed by atoms with Crippen LogP contribution in [0.4, 0.5) is 0 Å². The van der Waals surface area contributed by atoms with Gasteiger partial charge in [-0.3, -0.25) is 9.78 Å². The summed E-state index contributed by atoms with van der Waals surface area (Å²) in [6.07, 6.45) is 5.52. The maximum absolute atomic E-state index is 11.9. The van der Waals surface area contributed by atoms with Crippen LogP contribution in [0.2, 0.25) is 0 Å². The molecule has 0 radical (unpaired) electrons. The second kappa shape index (κ2) is 6.64. The fourth-order valence-corrected chi connectivity index (χ4v) is 1.95. The van der Waals surface area contributed by atoms with Crippen molar-refractivity contribution in [3.05, 3.63) is 60.2 Å². The van der Waals surface area contributed by atoms with Crippen molar-refractivity contribution in [3.8, 4) is 0 Å². The van der Waals surface area contributed by atoms with E-state index in [0.29, 0.717) is 18.2 Å². The van der Waals surface area contributed by atoms with Crippen molar-refractivity contribution < 1.29 is 4.79 Å². The van der Waals surface area contributed by atoms with Crippen molar-refractivity contribution in [1.82, 2.24) is 15.3 Å². The van der Waals surface area contributed by atoms with E-state index in [4.69, 9.17) is 0 Å². The van der Waals surface area contributed by atoms with E-state index in [2.05, 4.69) is 34.3 Å². The zero-order valence-electron chi connectivity index (χ0n) is 10.9. The summed E-state index contributed by atoms with van der Waals surface area (Å²) in [5, 5.41) is 2.91. The van der Waals surface area contributed by atoms with Gasteiger partial charge in [0.05, 0.1) is 6.20 Å². The normalized spacial score (nSPS) is 11.8. The molecule has 1 unspecified atom stereocenters. The van der Waals surface area contributed by atoms with Crippen LogP contribution in [0.15, 0.2) is 48.9 Å². The second-order valence-corrected chi connectivity index (χ2v) is 4.32. The maximum atomic E-state index is 11.9. The molecule has 4 heteroatoms. The molecule has 1 N–H and O–H groups in total. The number of amides is 1. The monoisotopic (exact) mass is 255 g/mol. The first-order chi connectivity index (χ1) is 9.31. The molecular formula is C15H17N3O. The van der Waals surface area contributed by atoms with Gasteiger partial charge in [0.15, 0.2) is 0 Å². The Hall–Kier alpha value is -2.23. The maximum Gasteiger partial charge on any atom is 0.271 e. The molecule has 0 aliphatic carbocycles. The molecule has 1 atom stereocenters. The van der Waals surface area contributed by atoms with Crippen LogP contribution in [0.25, 0.3) is 0 Å². The number of hydrogen-bond acceptors (Lipinski definition) is 3. The number of carbonyl (C=O) groups excluding carboxylic acids is 1. The Kier molecular flexibility index (Phi) is 4.61. The molecule has 0 bridgehead atoms. The average molecular weight is 255 g/mol. The topological polar surface area (TPSA) is 54.9 Å². The molecule has 0 saturated heterocycles. The Morgan fingerprint density at radius 1 is 1.26 bits per heavy atom. The van der Waals surface area contributed by atoms with Gasteiger partial charge in [-0.05, 0) is 12.0 Å². The van der Waals surface area contributed by atoms with Crippen LogP contribution in [-0.2, 0) is 0 Å². The van der Waals surface area contributed by atoms with Gasteiger partial charge in [0.25, 0.3) is 5.91 Å². The molecule has 0 aliphatic rings. The standard InChI is InChI=1S/C15H17N3O/c1-2-12(13-6-4-3-5-7-13)10-18-15(19)14-11-16-8-9-17-14/h3-9,11-12H,2,10H2,1H3,(H,18,19). The summed E-state index contributed by atoms with van der Waals surface area (Å²) >= 11 is 0. The first-order valence-corrected chi connectivity index (χ1v) is 6.40. The zero-order valence-corrected chi connectivity index (χ0v) is 10.9. The number of nitrogens with zero attached hydrogens (tertiary/aromatic N) is 2.